The first kappa shape index (κ1) is 13.7. The van der Waals surface area contributed by atoms with Gasteiger partial charge in [0.25, 0.3) is 0 Å². The normalized spacial score (nSPS) is 12.3. The highest BCUT2D eigenvalue weighted by atomic mass is 35.5. The molecule has 0 saturated carbocycles. The van der Waals surface area contributed by atoms with Crippen molar-refractivity contribution >= 4 is 17.3 Å². The highest BCUT2D eigenvalue weighted by molar-refractivity contribution is 6.30. The summed E-state index contributed by atoms with van der Waals surface area (Å²) in [6, 6.07) is 7.12. The lowest BCUT2D eigenvalue weighted by atomic mass is 10.1. The summed E-state index contributed by atoms with van der Waals surface area (Å²) >= 11 is 5.56. The molecule has 0 aliphatic heterocycles. The van der Waals surface area contributed by atoms with Crippen molar-refractivity contribution in [3.63, 3.8) is 0 Å². The minimum Gasteiger partial charge on any atom is -0.378 e. The fraction of sp³-hybridized carbons (Fsp3) is 0.143. The molecular formula is C14H11ClF3N. The van der Waals surface area contributed by atoms with Gasteiger partial charge < -0.3 is 5.32 Å². The number of nitrogens with one attached hydrogen (secondary N) is 1. The lowest BCUT2D eigenvalue weighted by Gasteiger charge is -2.17. The second-order valence-electron chi connectivity index (χ2n) is 4.13. The van der Waals surface area contributed by atoms with Crippen LogP contribution in [0.5, 0.6) is 0 Å². The van der Waals surface area contributed by atoms with Crippen molar-refractivity contribution in [3.8, 4) is 0 Å². The van der Waals surface area contributed by atoms with Gasteiger partial charge in [-0.2, -0.15) is 0 Å². The molecule has 0 aromatic heterocycles. The van der Waals surface area contributed by atoms with Crippen molar-refractivity contribution < 1.29 is 13.2 Å². The first-order chi connectivity index (χ1) is 8.99. The maximum atomic E-state index is 13.6. The first-order valence-electron chi connectivity index (χ1n) is 5.64. The van der Waals surface area contributed by atoms with Crippen LogP contribution >= 0.6 is 11.6 Å². The van der Waals surface area contributed by atoms with Gasteiger partial charge in [0.05, 0.1) is 11.1 Å². The van der Waals surface area contributed by atoms with E-state index in [1.807, 2.05) is 0 Å². The van der Waals surface area contributed by atoms with E-state index in [2.05, 4.69) is 5.32 Å². The van der Waals surface area contributed by atoms with Crippen LogP contribution in [0.3, 0.4) is 0 Å². The maximum absolute atomic E-state index is 13.6. The predicted octanol–water partition coefficient (Wildman–Crippen LogP) is 4.93. The van der Waals surface area contributed by atoms with Crippen LogP contribution in [0.1, 0.15) is 18.5 Å². The van der Waals surface area contributed by atoms with Crippen LogP contribution in [0.4, 0.5) is 18.9 Å². The fourth-order valence-corrected chi connectivity index (χ4v) is 1.95. The van der Waals surface area contributed by atoms with Gasteiger partial charge in [-0.05, 0) is 37.3 Å². The van der Waals surface area contributed by atoms with E-state index in [1.54, 1.807) is 13.0 Å². The van der Waals surface area contributed by atoms with Gasteiger partial charge in [0, 0.05) is 11.3 Å². The highest BCUT2D eigenvalue weighted by Crippen LogP contribution is 2.26. The number of hydrogen-bond donors (Lipinski definition) is 1. The molecule has 2 aromatic rings. The third-order valence-corrected chi connectivity index (χ3v) is 3.04. The van der Waals surface area contributed by atoms with Crippen LogP contribution in [0.25, 0.3) is 0 Å². The fourth-order valence-electron chi connectivity index (χ4n) is 1.83. The van der Waals surface area contributed by atoms with Crippen molar-refractivity contribution in [2.75, 3.05) is 5.32 Å². The van der Waals surface area contributed by atoms with E-state index in [4.69, 9.17) is 11.6 Å². The van der Waals surface area contributed by atoms with Gasteiger partial charge in [-0.1, -0.05) is 17.7 Å². The Kier molecular flexibility index (Phi) is 4.00. The molecule has 0 aliphatic rings. The minimum absolute atomic E-state index is 0.00437. The molecule has 0 radical (unpaired) electrons. The molecule has 0 bridgehead atoms. The summed E-state index contributed by atoms with van der Waals surface area (Å²) in [4.78, 5) is 0. The summed E-state index contributed by atoms with van der Waals surface area (Å²) in [6.07, 6.45) is 0. The van der Waals surface area contributed by atoms with E-state index in [1.165, 1.54) is 30.3 Å². The van der Waals surface area contributed by atoms with Gasteiger partial charge in [0.2, 0.25) is 0 Å². The lowest BCUT2D eigenvalue weighted by Crippen LogP contribution is -2.11. The molecule has 1 nitrogen and oxygen atoms in total. The third-order valence-electron chi connectivity index (χ3n) is 2.74. The van der Waals surface area contributed by atoms with E-state index >= 15 is 0 Å². The Morgan fingerprint density at radius 1 is 1.00 bits per heavy atom. The van der Waals surface area contributed by atoms with Crippen molar-refractivity contribution in [3.05, 3.63) is 64.4 Å². The van der Waals surface area contributed by atoms with Crippen molar-refractivity contribution in [2.45, 2.75) is 13.0 Å². The zero-order valence-electron chi connectivity index (χ0n) is 10.1. The molecule has 1 atom stereocenters. The van der Waals surface area contributed by atoms with Gasteiger partial charge in [-0.25, -0.2) is 13.2 Å². The van der Waals surface area contributed by atoms with Crippen LogP contribution < -0.4 is 5.32 Å². The van der Waals surface area contributed by atoms with E-state index < -0.39 is 23.5 Å². The van der Waals surface area contributed by atoms with Gasteiger partial charge in [-0.15, -0.1) is 0 Å². The number of benzene rings is 2. The zero-order chi connectivity index (χ0) is 14.0. The van der Waals surface area contributed by atoms with Gasteiger partial charge in [-0.3, -0.25) is 0 Å². The average molecular weight is 286 g/mol. The minimum atomic E-state index is -0.644. The number of hydrogen-bond acceptors (Lipinski definition) is 1. The number of rotatable bonds is 3. The topological polar surface area (TPSA) is 12.0 Å². The average Bonchev–Trinajstić information content (AvgIpc) is 2.33. The second kappa shape index (κ2) is 5.53. The van der Waals surface area contributed by atoms with Crippen molar-refractivity contribution in [1.29, 1.82) is 0 Å². The van der Waals surface area contributed by atoms with Gasteiger partial charge in [0.1, 0.15) is 17.5 Å². The van der Waals surface area contributed by atoms with E-state index in [0.29, 0.717) is 5.69 Å². The van der Waals surface area contributed by atoms with Crippen LogP contribution in [0.2, 0.25) is 5.02 Å². The summed E-state index contributed by atoms with van der Waals surface area (Å²) < 4.78 is 40.4. The molecule has 19 heavy (non-hydrogen) atoms. The molecular weight excluding hydrogens is 275 g/mol. The molecule has 1 N–H and O–H groups in total. The van der Waals surface area contributed by atoms with E-state index in [-0.39, 0.29) is 10.6 Å². The molecule has 2 aromatic carbocycles. The predicted molar refractivity (Wildman–Crippen MR) is 69.8 cm³/mol. The molecule has 0 amide bonds. The number of anilines is 1. The van der Waals surface area contributed by atoms with Gasteiger partial charge in [0.15, 0.2) is 0 Å². The molecule has 5 heteroatoms. The van der Waals surface area contributed by atoms with E-state index in [9.17, 15) is 13.2 Å². The molecule has 0 heterocycles. The standard InChI is InChI=1S/C14H11ClF3N/c1-8(14-11(16)3-2-4-12(14)17)19-9-5-6-10(15)13(18)7-9/h2-8,19H,1H3. The molecule has 2 rings (SSSR count). The second-order valence-corrected chi connectivity index (χ2v) is 4.54. The Morgan fingerprint density at radius 2 is 1.63 bits per heavy atom. The molecule has 0 aliphatic carbocycles. The Morgan fingerprint density at radius 3 is 2.21 bits per heavy atom. The van der Waals surface area contributed by atoms with Crippen molar-refractivity contribution in [1.82, 2.24) is 0 Å². The van der Waals surface area contributed by atoms with Gasteiger partial charge >= 0.3 is 0 Å². The third kappa shape index (κ3) is 3.01. The Balaban J connectivity index is 2.25. The molecule has 0 spiro atoms. The quantitative estimate of drug-likeness (QED) is 0.843. The van der Waals surface area contributed by atoms with Crippen molar-refractivity contribution in [2.24, 2.45) is 0 Å². The summed E-state index contributed by atoms with van der Waals surface area (Å²) in [5.74, 6) is -1.88. The Labute approximate surface area is 114 Å². The summed E-state index contributed by atoms with van der Waals surface area (Å²) in [5.41, 5.74) is 0.315. The number of halogens is 4. The van der Waals surface area contributed by atoms with E-state index in [0.717, 1.165) is 0 Å². The summed E-state index contributed by atoms with van der Waals surface area (Å²) in [6.45, 7) is 1.59. The first-order valence-corrected chi connectivity index (χ1v) is 6.02. The summed E-state index contributed by atoms with van der Waals surface area (Å²) in [7, 11) is 0. The van der Waals surface area contributed by atoms with Crippen LogP contribution in [-0.4, -0.2) is 0 Å². The molecule has 0 saturated heterocycles. The lowest BCUT2D eigenvalue weighted by molar-refractivity contribution is 0.544. The smallest absolute Gasteiger partial charge is 0.143 e. The maximum Gasteiger partial charge on any atom is 0.143 e. The van der Waals surface area contributed by atoms with Crippen LogP contribution in [-0.2, 0) is 0 Å². The molecule has 1 unspecified atom stereocenters. The van der Waals surface area contributed by atoms with Crippen LogP contribution in [0.15, 0.2) is 36.4 Å². The molecule has 0 fully saturated rings. The molecule has 100 valence electrons. The monoisotopic (exact) mass is 285 g/mol. The largest absolute Gasteiger partial charge is 0.378 e. The van der Waals surface area contributed by atoms with Crippen LogP contribution in [0, 0.1) is 17.5 Å². The Hall–Kier alpha value is -1.68. The SMILES string of the molecule is CC(Nc1ccc(Cl)c(F)c1)c1c(F)cccc1F. The summed E-state index contributed by atoms with van der Waals surface area (Å²) in [5, 5.41) is 2.82. The zero-order valence-corrected chi connectivity index (χ0v) is 10.8. The Bertz CT molecular complexity index is 581. The highest BCUT2D eigenvalue weighted by Gasteiger charge is 2.16.